The molecule has 0 saturated carbocycles. The van der Waals surface area contributed by atoms with Crippen LogP contribution in [0.1, 0.15) is 18.1 Å². The lowest BCUT2D eigenvalue weighted by Crippen LogP contribution is -2.32. The van der Waals surface area contributed by atoms with Gasteiger partial charge in [-0.3, -0.25) is 0 Å². The van der Waals surface area contributed by atoms with E-state index in [1.165, 1.54) is 22.3 Å². The molecule has 0 bridgehead atoms. The first kappa shape index (κ1) is 15.3. The number of hydrogen-bond acceptors (Lipinski definition) is 1. The van der Waals surface area contributed by atoms with Crippen molar-refractivity contribution < 1.29 is 4.74 Å². The van der Waals surface area contributed by atoms with Crippen LogP contribution >= 0.6 is 0 Å². The molecule has 122 valence electrons. The molecular formula is C23H24O. The summed E-state index contributed by atoms with van der Waals surface area (Å²) >= 11 is 0. The lowest BCUT2D eigenvalue weighted by atomic mass is 9.63. The maximum atomic E-state index is 5.49. The molecule has 0 radical (unpaired) electrons. The normalized spacial score (nSPS) is 30.7. The van der Waals surface area contributed by atoms with E-state index in [0.717, 1.165) is 5.76 Å². The Morgan fingerprint density at radius 3 is 2.38 bits per heavy atom. The van der Waals surface area contributed by atoms with Crippen LogP contribution in [-0.4, -0.2) is 7.11 Å². The molecule has 1 aromatic carbocycles. The van der Waals surface area contributed by atoms with E-state index in [9.17, 15) is 0 Å². The zero-order valence-electron chi connectivity index (χ0n) is 14.6. The van der Waals surface area contributed by atoms with Crippen molar-refractivity contribution in [3.63, 3.8) is 0 Å². The lowest BCUT2D eigenvalue weighted by Gasteiger charge is -2.41. The van der Waals surface area contributed by atoms with Crippen LogP contribution in [0.4, 0.5) is 0 Å². The van der Waals surface area contributed by atoms with Gasteiger partial charge < -0.3 is 4.74 Å². The molecular weight excluding hydrogens is 292 g/mol. The highest BCUT2D eigenvalue weighted by Crippen LogP contribution is 2.48. The van der Waals surface area contributed by atoms with E-state index in [2.05, 4.69) is 80.6 Å². The summed E-state index contributed by atoms with van der Waals surface area (Å²) in [5.74, 6) is 2.85. The van der Waals surface area contributed by atoms with Gasteiger partial charge in [-0.2, -0.15) is 0 Å². The number of aryl methyl sites for hydroxylation is 1. The van der Waals surface area contributed by atoms with Gasteiger partial charge in [0.15, 0.2) is 0 Å². The molecule has 0 heterocycles. The van der Waals surface area contributed by atoms with E-state index in [0.29, 0.717) is 23.7 Å². The summed E-state index contributed by atoms with van der Waals surface area (Å²) in [5, 5.41) is 0. The first-order valence-corrected chi connectivity index (χ1v) is 8.75. The van der Waals surface area contributed by atoms with Gasteiger partial charge in [0.05, 0.1) is 7.11 Å². The Labute approximate surface area is 144 Å². The van der Waals surface area contributed by atoms with Crippen molar-refractivity contribution in [2.75, 3.05) is 7.11 Å². The van der Waals surface area contributed by atoms with E-state index in [4.69, 9.17) is 4.74 Å². The van der Waals surface area contributed by atoms with E-state index in [-0.39, 0.29) is 0 Å². The van der Waals surface area contributed by atoms with Crippen LogP contribution < -0.4 is 0 Å². The highest BCUT2D eigenvalue weighted by molar-refractivity contribution is 5.72. The van der Waals surface area contributed by atoms with E-state index in [1.807, 2.05) is 0 Å². The summed E-state index contributed by atoms with van der Waals surface area (Å²) in [4.78, 5) is 0. The van der Waals surface area contributed by atoms with Gasteiger partial charge in [0, 0.05) is 11.8 Å². The number of hydrogen-bond donors (Lipinski definition) is 0. The van der Waals surface area contributed by atoms with Crippen molar-refractivity contribution in [1.82, 2.24) is 0 Å². The summed E-state index contributed by atoms with van der Waals surface area (Å²) < 4.78 is 5.49. The molecule has 0 amide bonds. The van der Waals surface area contributed by atoms with Crippen molar-refractivity contribution in [3.8, 4) is 0 Å². The standard InChI is InChI=1S/C23H24O/c1-15-4-7-17(8-5-15)21-13-18-9-10-19(24-3)14-22(18)23-12-16(2)6-11-20(21)23/h4-14,18,20,22-23H,1-3H3. The predicted octanol–water partition coefficient (Wildman–Crippen LogP) is 5.47. The van der Waals surface area contributed by atoms with Crippen LogP contribution in [0.25, 0.3) is 5.57 Å². The molecule has 3 aliphatic carbocycles. The third-order valence-electron chi connectivity index (χ3n) is 5.52. The van der Waals surface area contributed by atoms with Gasteiger partial charge in [-0.25, -0.2) is 0 Å². The topological polar surface area (TPSA) is 9.23 Å². The Morgan fingerprint density at radius 2 is 1.62 bits per heavy atom. The molecule has 1 heteroatoms. The van der Waals surface area contributed by atoms with Crippen LogP contribution in [0.2, 0.25) is 0 Å². The molecule has 1 aromatic rings. The lowest BCUT2D eigenvalue weighted by molar-refractivity contribution is 0.280. The fraction of sp³-hybridized carbons (Fsp3) is 0.304. The SMILES string of the molecule is COC1=CC2C(C=C1)C=C(c1ccc(C)cc1)C1C=CC(C)=CC12. The Hall–Kier alpha value is -2.28. The predicted molar refractivity (Wildman–Crippen MR) is 100 cm³/mol. The van der Waals surface area contributed by atoms with E-state index in [1.54, 1.807) is 7.11 Å². The summed E-state index contributed by atoms with van der Waals surface area (Å²) in [7, 11) is 1.76. The largest absolute Gasteiger partial charge is 0.497 e. The molecule has 0 aliphatic heterocycles. The van der Waals surface area contributed by atoms with Gasteiger partial charge in [0.1, 0.15) is 5.76 Å². The highest BCUT2D eigenvalue weighted by atomic mass is 16.5. The quantitative estimate of drug-likeness (QED) is 0.702. The number of allylic oxidation sites excluding steroid dienone is 9. The monoisotopic (exact) mass is 316 g/mol. The fourth-order valence-corrected chi connectivity index (χ4v) is 4.22. The summed E-state index contributed by atoms with van der Waals surface area (Å²) in [6.45, 7) is 4.34. The molecule has 4 rings (SSSR count). The number of fused-ring (bicyclic) bond motifs is 3. The molecule has 0 fully saturated rings. The number of rotatable bonds is 2. The smallest absolute Gasteiger partial charge is 0.114 e. The van der Waals surface area contributed by atoms with Crippen molar-refractivity contribution in [3.05, 3.63) is 89.3 Å². The summed E-state index contributed by atoms with van der Waals surface area (Å²) in [6.07, 6.45) is 16.3. The second-order valence-electron chi connectivity index (χ2n) is 7.15. The molecule has 4 unspecified atom stereocenters. The third-order valence-corrected chi connectivity index (χ3v) is 5.52. The first-order valence-electron chi connectivity index (χ1n) is 8.75. The minimum atomic E-state index is 0.442. The highest BCUT2D eigenvalue weighted by Gasteiger charge is 2.38. The van der Waals surface area contributed by atoms with E-state index < -0.39 is 0 Å². The number of benzene rings is 1. The molecule has 0 saturated heterocycles. The Balaban J connectivity index is 1.80. The van der Waals surface area contributed by atoms with E-state index >= 15 is 0 Å². The molecule has 0 spiro atoms. The van der Waals surface area contributed by atoms with Gasteiger partial charge in [0.25, 0.3) is 0 Å². The van der Waals surface area contributed by atoms with Crippen molar-refractivity contribution in [2.45, 2.75) is 13.8 Å². The average Bonchev–Trinajstić information content (AvgIpc) is 2.61. The maximum absolute atomic E-state index is 5.49. The third kappa shape index (κ3) is 2.58. The van der Waals surface area contributed by atoms with Gasteiger partial charge in [-0.05, 0) is 49.0 Å². The first-order chi connectivity index (χ1) is 11.7. The summed E-state index contributed by atoms with van der Waals surface area (Å²) in [6, 6.07) is 8.95. The molecule has 0 aromatic heterocycles. The molecule has 4 atom stereocenters. The molecule has 1 nitrogen and oxygen atoms in total. The average molecular weight is 316 g/mol. The second-order valence-corrected chi connectivity index (χ2v) is 7.15. The Morgan fingerprint density at radius 1 is 0.833 bits per heavy atom. The maximum Gasteiger partial charge on any atom is 0.114 e. The minimum absolute atomic E-state index is 0.442. The van der Waals surface area contributed by atoms with Gasteiger partial charge in [-0.1, -0.05) is 65.8 Å². The van der Waals surface area contributed by atoms with Gasteiger partial charge in [-0.15, -0.1) is 0 Å². The molecule has 3 aliphatic rings. The van der Waals surface area contributed by atoms with Crippen LogP contribution in [-0.2, 0) is 4.74 Å². The Kier molecular flexibility index (Phi) is 3.80. The minimum Gasteiger partial charge on any atom is -0.497 e. The molecule has 24 heavy (non-hydrogen) atoms. The van der Waals surface area contributed by atoms with Gasteiger partial charge >= 0.3 is 0 Å². The zero-order chi connectivity index (χ0) is 16.7. The van der Waals surface area contributed by atoms with Crippen LogP contribution in [0.5, 0.6) is 0 Å². The Bertz CT molecular complexity index is 786. The van der Waals surface area contributed by atoms with Crippen LogP contribution in [0.3, 0.4) is 0 Å². The zero-order valence-corrected chi connectivity index (χ0v) is 14.6. The van der Waals surface area contributed by atoms with Crippen LogP contribution in [0.15, 0.2) is 78.1 Å². The van der Waals surface area contributed by atoms with Crippen molar-refractivity contribution in [1.29, 1.82) is 0 Å². The van der Waals surface area contributed by atoms with Crippen LogP contribution in [0, 0.1) is 30.6 Å². The number of ether oxygens (including phenoxy) is 1. The fourth-order valence-electron chi connectivity index (χ4n) is 4.22. The molecule has 0 N–H and O–H groups in total. The summed E-state index contributed by atoms with van der Waals surface area (Å²) in [5.41, 5.74) is 5.48. The van der Waals surface area contributed by atoms with Crippen molar-refractivity contribution in [2.24, 2.45) is 23.7 Å². The van der Waals surface area contributed by atoms with Crippen molar-refractivity contribution >= 4 is 5.57 Å². The second kappa shape index (κ2) is 5.98. The number of methoxy groups -OCH3 is 1. The van der Waals surface area contributed by atoms with Gasteiger partial charge in [0.2, 0.25) is 0 Å².